The first-order valence-corrected chi connectivity index (χ1v) is 8.92. The van der Waals surface area contributed by atoms with Gasteiger partial charge in [-0.05, 0) is 32.4 Å². The van der Waals surface area contributed by atoms with E-state index in [2.05, 4.69) is 27.6 Å². The Hall–Kier alpha value is -2.28. The van der Waals surface area contributed by atoms with E-state index in [9.17, 15) is 4.79 Å². The number of hydrogen-bond donors (Lipinski definition) is 0. The van der Waals surface area contributed by atoms with Crippen LogP contribution in [0.1, 0.15) is 30.0 Å². The summed E-state index contributed by atoms with van der Waals surface area (Å²) in [6.07, 6.45) is 1.47. The lowest BCUT2D eigenvalue weighted by atomic mass is 10.1. The highest BCUT2D eigenvalue weighted by atomic mass is 32.2. The van der Waals surface area contributed by atoms with Crippen LogP contribution in [0.3, 0.4) is 0 Å². The highest BCUT2D eigenvalue weighted by molar-refractivity contribution is 7.99. The topological polar surface area (TPSA) is 66.2 Å². The number of thioether (sulfide) groups is 1. The standard InChI is InChI=1S/C18H23N3O3S/c1-6-9-21-17(19-20-18(21)25-11-16(22)23-5)14(4)24-15-8-7-12(2)10-13(15)3/h6-8,10,14H,1,9,11H2,2-5H3/t14-/m0/s1. The van der Waals surface area contributed by atoms with Crippen LogP contribution in [0, 0.1) is 13.8 Å². The van der Waals surface area contributed by atoms with Crippen molar-refractivity contribution >= 4 is 17.7 Å². The maximum Gasteiger partial charge on any atom is 0.316 e. The molecule has 0 aliphatic heterocycles. The number of rotatable bonds is 8. The number of aromatic nitrogens is 3. The lowest BCUT2D eigenvalue weighted by molar-refractivity contribution is -0.137. The van der Waals surface area contributed by atoms with Gasteiger partial charge in [-0.2, -0.15) is 0 Å². The molecule has 2 aromatic rings. The first-order valence-electron chi connectivity index (χ1n) is 7.93. The highest BCUT2D eigenvalue weighted by Crippen LogP contribution is 2.27. The van der Waals surface area contributed by atoms with E-state index >= 15 is 0 Å². The van der Waals surface area contributed by atoms with Crippen LogP contribution in [0.5, 0.6) is 5.75 Å². The Morgan fingerprint density at radius 2 is 2.16 bits per heavy atom. The van der Waals surface area contributed by atoms with Gasteiger partial charge in [0.1, 0.15) is 5.75 Å². The Morgan fingerprint density at radius 3 is 2.80 bits per heavy atom. The molecule has 0 bridgehead atoms. The SMILES string of the molecule is C=CCn1c(SCC(=O)OC)nnc1[C@H](C)Oc1ccc(C)cc1C. The number of allylic oxidation sites excluding steroid dienone is 1. The van der Waals surface area contributed by atoms with Crippen molar-refractivity contribution in [3.63, 3.8) is 0 Å². The Kier molecular flexibility index (Phi) is 6.64. The van der Waals surface area contributed by atoms with Crippen molar-refractivity contribution < 1.29 is 14.3 Å². The van der Waals surface area contributed by atoms with E-state index in [1.807, 2.05) is 37.5 Å². The zero-order chi connectivity index (χ0) is 18.4. The third-order valence-electron chi connectivity index (χ3n) is 3.60. The molecule has 1 heterocycles. The molecule has 0 radical (unpaired) electrons. The van der Waals surface area contributed by atoms with Gasteiger partial charge in [-0.3, -0.25) is 9.36 Å². The Bertz CT molecular complexity index is 758. The van der Waals surface area contributed by atoms with E-state index in [0.29, 0.717) is 17.5 Å². The number of nitrogens with zero attached hydrogens (tertiary/aromatic N) is 3. The average molecular weight is 361 g/mol. The van der Waals surface area contributed by atoms with Crippen molar-refractivity contribution in [1.82, 2.24) is 14.8 Å². The van der Waals surface area contributed by atoms with Crippen LogP contribution in [0.25, 0.3) is 0 Å². The van der Waals surface area contributed by atoms with Crippen molar-refractivity contribution in [2.75, 3.05) is 12.9 Å². The van der Waals surface area contributed by atoms with Crippen LogP contribution in [0.2, 0.25) is 0 Å². The van der Waals surface area contributed by atoms with Gasteiger partial charge in [-0.15, -0.1) is 16.8 Å². The van der Waals surface area contributed by atoms with Crippen LogP contribution >= 0.6 is 11.8 Å². The van der Waals surface area contributed by atoms with Crippen molar-refractivity contribution in [2.45, 2.75) is 38.6 Å². The fraction of sp³-hybridized carbons (Fsp3) is 0.389. The second-order valence-corrected chi connectivity index (χ2v) is 6.58. The molecule has 0 N–H and O–H groups in total. The molecule has 2 rings (SSSR count). The normalized spacial score (nSPS) is 11.8. The van der Waals surface area contributed by atoms with E-state index in [0.717, 1.165) is 11.3 Å². The number of ether oxygens (including phenoxy) is 2. The maximum absolute atomic E-state index is 11.4. The van der Waals surface area contributed by atoms with E-state index in [4.69, 9.17) is 4.74 Å². The van der Waals surface area contributed by atoms with Crippen LogP contribution in [-0.2, 0) is 16.1 Å². The first kappa shape index (κ1) is 19.1. The molecule has 0 fully saturated rings. The Balaban J connectivity index is 2.20. The van der Waals surface area contributed by atoms with Gasteiger partial charge < -0.3 is 9.47 Å². The predicted molar refractivity (Wildman–Crippen MR) is 97.9 cm³/mol. The molecule has 0 saturated heterocycles. The number of benzene rings is 1. The molecule has 1 aromatic carbocycles. The summed E-state index contributed by atoms with van der Waals surface area (Å²) in [7, 11) is 1.36. The molecular formula is C18H23N3O3S. The summed E-state index contributed by atoms with van der Waals surface area (Å²) in [5.74, 6) is 1.37. The summed E-state index contributed by atoms with van der Waals surface area (Å²) in [5, 5.41) is 9.07. The minimum atomic E-state index is -0.306. The zero-order valence-electron chi connectivity index (χ0n) is 15.0. The van der Waals surface area contributed by atoms with E-state index in [1.165, 1.54) is 24.4 Å². The smallest absolute Gasteiger partial charge is 0.316 e. The number of methoxy groups -OCH3 is 1. The third kappa shape index (κ3) is 4.85. The summed E-state index contributed by atoms with van der Waals surface area (Å²) in [4.78, 5) is 11.4. The highest BCUT2D eigenvalue weighted by Gasteiger charge is 2.20. The second kappa shape index (κ2) is 8.71. The molecule has 0 amide bonds. The van der Waals surface area contributed by atoms with Gasteiger partial charge >= 0.3 is 5.97 Å². The first-order chi connectivity index (χ1) is 12.0. The summed E-state index contributed by atoms with van der Waals surface area (Å²) < 4.78 is 12.6. The quantitative estimate of drug-likeness (QED) is 0.407. The largest absolute Gasteiger partial charge is 0.482 e. The third-order valence-corrected chi connectivity index (χ3v) is 4.54. The number of esters is 1. The Morgan fingerprint density at radius 1 is 1.40 bits per heavy atom. The molecule has 7 heteroatoms. The summed E-state index contributed by atoms with van der Waals surface area (Å²) in [5.41, 5.74) is 2.26. The van der Waals surface area contributed by atoms with Gasteiger partial charge in [-0.25, -0.2) is 0 Å². The van der Waals surface area contributed by atoms with Crippen molar-refractivity contribution in [2.24, 2.45) is 0 Å². The monoisotopic (exact) mass is 361 g/mol. The van der Waals surface area contributed by atoms with Crippen molar-refractivity contribution in [1.29, 1.82) is 0 Å². The summed E-state index contributed by atoms with van der Waals surface area (Å²) >= 11 is 1.28. The fourth-order valence-electron chi connectivity index (χ4n) is 2.37. The van der Waals surface area contributed by atoms with Gasteiger partial charge in [0, 0.05) is 6.54 Å². The number of carbonyl (C=O) groups is 1. The molecule has 0 aliphatic rings. The lowest BCUT2D eigenvalue weighted by Crippen LogP contribution is -2.13. The molecule has 25 heavy (non-hydrogen) atoms. The molecule has 0 saturated carbocycles. The van der Waals surface area contributed by atoms with Crippen LogP contribution < -0.4 is 4.74 Å². The Labute approximate surface area is 152 Å². The molecule has 0 aliphatic carbocycles. The van der Waals surface area contributed by atoms with Crippen molar-refractivity contribution in [3.05, 3.63) is 47.8 Å². The molecule has 134 valence electrons. The maximum atomic E-state index is 11.4. The van der Waals surface area contributed by atoms with Crippen molar-refractivity contribution in [3.8, 4) is 5.75 Å². The fourth-order valence-corrected chi connectivity index (χ4v) is 3.15. The van der Waals surface area contributed by atoms with Crippen LogP contribution in [0.4, 0.5) is 0 Å². The summed E-state index contributed by atoms with van der Waals surface area (Å²) in [6.45, 7) is 10.3. The van der Waals surface area contributed by atoms with Gasteiger partial charge in [0.15, 0.2) is 17.1 Å². The zero-order valence-corrected chi connectivity index (χ0v) is 15.8. The van der Waals surface area contributed by atoms with Crippen LogP contribution in [-0.4, -0.2) is 33.6 Å². The van der Waals surface area contributed by atoms with E-state index in [-0.39, 0.29) is 17.8 Å². The number of carbonyl (C=O) groups excluding carboxylic acids is 1. The minimum Gasteiger partial charge on any atom is -0.482 e. The minimum absolute atomic E-state index is 0.179. The van der Waals surface area contributed by atoms with E-state index < -0.39 is 0 Å². The van der Waals surface area contributed by atoms with Gasteiger partial charge in [-0.1, -0.05) is 35.5 Å². The lowest BCUT2D eigenvalue weighted by Gasteiger charge is -2.17. The molecular weight excluding hydrogens is 338 g/mol. The molecule has 1 aromatic heterocycles. The second-order valence-electron chi connectivity index (χ2n) is 5.63. The van der Waals surface area contributed by atoms with Gasteiger partial charge in [0.25, 0.3) is 0 Å². The molecule has 0 unspecified atom stereocenters. The summed E-state index contributed by atoms with van der Waals surface area (Å²) in [6, 6.07) is 6.05. The average Bonchev–Trinajstić information content (AvgIpc) is 2.98. The van der Waals surface area contributed by atoms with Crippen LogP contribution in [0.15, 0.2) is 36.0 Å². The number of hydrogen-bond acceptors (Lipinski definition) is 6. The molecule has 6 nitrogen and oxygen atoms in total. The number of aryl methyl sites for hydroxylation is 2. The van der Waals surface area contributed by atoms with Gasteiger partial charge in [0.05, 0.1) is 12.9 Å². The molecule has 1 atom stereocenters. The molecule has 0 spiro atoms. The van der Waals surface area contributed by atoms with Gasteiger partial charge in [0.2, 0.25) is 0 Å². The van der Waals surface area contributed by atoms with E-state index in [1.54, 1.807) is 6.08 Å². The predicted octanol–water partition coefficient (Wildman–Crippen LogP) is 3.49.